The minimum atomic E-state index is -0.262. The lowest BCUT2D eigenvalue weighted by atomic mass is 9.94. The maximum Gasteiger partial charge on any atom is 0.306 e. The first-order valence-electron chi connectivity index (χ1n) is 20.4. The first kappa shape index (κ1) is 42.4. The Bertz CT molecular complexity index is 680. The third kappa shape index (κ3) is 27.5. The van der Waals surface area contributed by atoms with Gasteiger partial charge in [-0.2, -0.15) is 0 Å². The zero-order chi connectivity index (χ0) is 33.2. The third-order valence-corrected chi connectivity index (χ3v) is 9.49. The molecule has 0 bridgehead atoms. The second-order valence-corrected chi connectivity index (χ2v) is 14.0. The van der Waals surface area contributed by atoms with Gasteiger partial charge in [0.25, 0.3) is 0 Å². The Kier molecular flexibility index (Phi) is 30.7. The fourth-order valence-electron chi connectivity index (χ4n) is 6.47. The van der Waals surface area contributed by atoms with Gasteiger partial charge in [0.15, 0.2) is 0 Å². The van der Waals surface area contributed by atoms with Gasteiger partial charge in [-0.15, -0.1) is 0 Å². The highest BCUT2D eigenvalue weighted by Crippen LogP contribution is 2.25. The van der Waals surface area contributed by atoms with Gasteiger partial charge in [-0.1, -0.05) is 141 Å². The molecule has 2 atom stereocenters. The van der Waals surface area contributed by atoms with Gasteiger partial charge in [0, 0.05) is 12.8 Å². The molecule has 0 aromatic heterocycles. The van der Waals surface area contributed by atoms with Crippen LogP contribution in [0.4, 0.5) is 0 Å². The Balaban J connectivity index is 2.00. The minimum Gasteiger partial charge on any atom is -0.458 e. The fraction of sp³-hybridized carbons (Fsp3) is 0.857. The lowest BCUT2D eigenvalue weighted by Crippen LogP contribution is -2.37. The number of allylic oxidation sites excluding steroid dienone is 4. The SMILES string of the molecule is CCCCCCCCC=CCCCCCCCC(=O)O[C@@H]1CCCC[C@H]1OC(=O)CCCCCCCC=CCCCCCCCC. The van der Waals surface area contributed by atoms with Crippen molar-refractivity contribution in [3.05, 3.63) is 24.3 Å². The van der Waals surface area contributed by atoms with Gasteiger partial charge in [0.2, 0.25) is 0 Å². The largest absolute Gasteiger partial charge is 0.458 e. The van der Waals surface area contributed by atoms with Gasteiger partial charge in [-0.05, 0) is 89.9 Å². The highest BCUT2D eigenvalue weighted by molar-refractivity contribution is 5.70. The van der Waals surface area contributed by atoms with Crippen molar-refractivity contribution in [2.45, 2.75) is 232 Å². The van der Waals surface area contributed by atoms with E-state index in [9.17, 15) is 9.59 Å². The summed E-state index contributed by atoms with van der Waals surface area (Å²) in [4.78, 5) is 25.1. The molecule has 4 heteroatoms. The van der Waals surface area contributed by atoms with Crippen molar-refractivity contribution in [1.29, 1.82) is 0 Å². The van der Waals surface area contributed by atoms with E-state index in [4.69, 9.17) is 9.47 Å². The van der Waals surface area contributed by atoms with Crippen LogP contribution in [0, 0.1) is 0 Å². The van der Waals surface area contributed by atoms with Gasteiger partial charge < -0.3 is 9.47 Å². The number of hydrogen-bond acceptors (Lipinski definition) is 4. The van der Waals surface area contributed by atoms with E-state index in [1.54, 1.807) is 0 Å². The standard InChI is InChI=1S/C42H76O4/c1-3-5-7-9-11-13-15-17-19-21-23-25-27-29-31-37-41(43)45-39-35-33-34-36-40(39)46-42(44)38-32-30-28-26-24-22-20-18-16-14-12-10-8-6-4-2/h17-20,39-40H,3-16,21-38H2,1-2H3/t39-,40-/m1/s1. The van der Waals surface area contributed by atoms with Crippen LogP contribution in [0.5, 0.6) is 0 Å². The van der Waals surface area contributed by atoms with Crippen LogP contribution in [-0.4, -0.2) is 24.1 Å². The zero-order valence-electron chi connectivity index (χ0n) is 30.7. The van der Waals surface area contributed by atoms with E-state index in [0.29, 0.717) is 12.8 Å². The van der Waals surface area contributed by atoms with Gasteiger partial charge in [-0.25, -0.2) is 0 Å². The number of esters is 2. The van der Waals surface area contributed by atoms with Crippen LogP contribution < -0.4 is 0 Å². The molecule has 0 aromatic carbocycles. The molecule has 268 valence electrons. The first-order chi connectivity index (χ1) is 22.7. The van der Waals surface area contributed by atoms with Crippen molar-refractivity contribution in [1.82, 2.24) is 0 Å². The lowest BCUT2D eigenvalue weighted by Gasteiger charge is -2.30. The number of rotatable bonds is 32. The first-order valence-corrected chi connectivity index (χ1v) is 20.4. The second-order valence-electron chi connectivity index (χ2n) is 14.0. The van der Waals surface area contributed by atoms with E-state index < -0.39 is 0 Å². The summed E-state index contributed by atoms with van der Waals surface area (Å²) in [5.74, 6) is -0.245. The van der Waals surface area contributed by atoms with Gasteiger partial charge >= 0.3 is 11.9 Å². The summed E-state index contributed by atoms with van der Waals surface area (Å²) in [6.07, 6.45) is 46.0. The van der Waals surface area contributed by atoms with E-state index in [-0.39, 0.29) is 24.1 Å². The van der Waals surface area contributed by atoms with E-state index in [0.717, 1.165) is 51.4 Å². The molecular weight excluding hydrogens is 568 g/mol. The maximum atomic E-state index is 12.5. The Labute approximate surface area is 286 Å². The van der Waals surface area contributed by atoms with Gasteiger partial charge in [0.1, 0.15) is 12.2 Å². The van der Waals surface area contributed by atoms with Crippen LogP contribution in [0.3, 0.4) is 0 Å². The van der Waals surface area contributed by atoms with Crippen molar-refractivity contribution in [2.75, 3.05) is 0 Å². The molecule has 1 aliphatic carbocycles. The van der Waals surface area contributed by atoms with Crippen LogP contribution in [0.25, 0.3) is 0 Å². The molecule has 0 heterocycles. The second kappa shape index (κ2) is 33.3. The summed E-state index contributed by atoms with van der Waals surface area (Å²) in [5.41, 5.74) is 0. The topological polar surface area (TPSA) is 52.6 Å². The fourth-order valence-corrected chi connectivity index (χ4v) is 6.47. The van der Waals surface area contributed by atoms with E-state index >= 15 is 0 Å². The normalized spacial score (nSPS) is 16.8. The quantitative estimate of drug-likeness (QED) is 0.0415. The molecule has 1 rings (SSSR count). The highest BCUT2D eigenvalue weighted by Gasteiger charge is 2.31. The number of unbranched alkanes of at least 4 members (excludes halogenated alkanes) is 22. The summed E-state index contributed by atoms with van der Waals surface area (Å²) >= 11 is 0. The molecular formula is C42H76O4. The molecule has 0 spiro atoms. The number of carbonyl (C=O) groups excluding carboxylic acids is 2. The molecule has 0 aliphatic heterocycles. The predicted molar refractivity (Wildman–Crippen MR) is 197 cm³/mol. The lowest BCUT2D eigenvalue weighted by molar-refractivity contribution is -0.171. The number of ether oxygens (including phenoxy) is 2. The number of carbonyl (C=O) groups is 2. The molecule has 0 unspecified atom stereocenters. The van der Waals surface area contributed by atoms with Crippen LogP contribution in [0.2, 0.25) is 0 Å². The predicted octanol–water partition coefficient (Wildman–Crippen LogP) is 13.5. The van der Waals surface area contributed by atoms with Crippen molar-refractivity contribution in [3.63, 3.8) is 0 Å². The average Bonchev–Trinajstić information content (AvgIpc) is 3.05. The average molecular weight is 645 g/mol. The molecule has 46 heavy (non-hydrogen) atoms. The summed E-state index contributed by atoms with van der Waals surface area (Å²) in [5, 5.41) is 0. The minimum absolute atomic E-state index is 0.122. The molecule has 1 aliphatic rings. The molecule has 1 saturated carbocycles. The smallest absolute Gasteiger partial charge is 0.306 e. The molecule has 4 nitrogen and oxygen atoms in total. The van der Waals surface area contributed by atoms with Gasteiger partial charge in [0.05, 0.1) is 0 Å². The summed E-state index contributed by atoms with van der Waals surface area (Å²) in [6, 6.07) is 0. The number of hydrogen-bond donors (Lipinski definition) is 0. The molecule has 0 amide bonds. The Morgan fingerprint density at radius 2 is 0.717 bits per heavy atom. The molecule has 0 saturated heterocycles. The van der Waals surface area contributed by atoms with Crippen LogP contribution >= 0.6 is 0 Å². The van der Waals surface area contributed by atoms with E-state index in [2.05, 4.69) is 38.2 Å². The summed E-state index contributed by atoms with van der Waals surface area (Å²) in [6.45, 7) is 4.54. The monoisotopic (exact) mass is 645 g/mol. The molecule has 1 fully saturated rings. The zero-order valence-corrected chi connectivity index (χ0v) is 30.7. The third-order valence-electron chi connectivity index (χ3n) is 9.49. The Hall–Kier alpha value is -1.58. The van der Waals surface area contributed by atoms with Crippen LogP contribution in [-0.2, 0) is 19.1 Å². The van der Waals surface area contributed by atoms with Crippen molar-refractivity contribution in [2.24, 2.45) is 0 Å². The maximum absolute atomic E-state index is 12.5. The Morgan fingerprint density at radius 1 is 0.435 bits per heavy atom. The molecule has 0 radical (unpaired) electrons. The van der Waals surface area contributed by atoms with Crippen molar-refractivity contribution < 1.29 is 19.1 Å². The summed E-state index contributed by atoms with van der Waals surface area (Å²) < 4.78 is 11.6. The van der Waals surface area contributed by atoms with Crippen molar-refractivity contribution >= 4 is 11.9 Å². The Morgan fingerprint density at radius 3 is 1.04 bits per heavy atom. The van der Waals surface area contributed by atoms with E-state index in [1.807, 2.05) is 0 Å². The van der Waals surface area contributed by atoms with Crippen LogP contribution in [0.15, 0.2) is 24.3 Å². The molecule has 0 N–H and O–H groups in total. The van der Waals surface area contributed by atoms with Crippen LogP contribution in [0.1, 0.15) is 219 Å². The highest BCUT2D eigenvalue weighted by atomic mass is 16.6. The molecule has 0 aromatic rings. The van der Waals surface area contributed by atoms with Crippen molar-refractivity contribution in [3.8, 4) is 0 Å². The van der Waals surface area contributed by atoms with Gasteiger partial charge in [-0.3, -0.25) is 9.59 Å². The van der Waals surface area contributed by atoms with E-state index in [1.165, 1.54) is 141 Å². The summed E-state index contributed by atoms with van der Waals surface area (Å²) in [7, 11) is 0.